The van der Waals surface area contributed by atoms with E-state index in [0.717, 1.165) is 32.9 Å². The zero-order valence-corrected chi connectivity index (χ0v) is 25.2. The summed E-state index contributed by atoms with van der Waals surface area (Å²) in [6.45, 7) is 4.95. The Balaban J connectivity index is 0.000000208. The molecule has 3 aromatic heterocycles. The Hall–Kier alpha value is -5.21. The number of fused-ring (bicyclic) bond motifs is 2. The van der Waals surface area contributed by atoms with Crippen LogP contribution in [0.2, 0.25) is 10.0 Å². The first-order valence-corrected chi connectivity index (χ1v) is 13.8. The van der Waals surface area contributed by atoms with Crippen LogP contribution in [0.25, 0.3) is 32.2 Å². The van der Waals surface area contributed by atoms with Crippen LogP contribution in [-0.2, 0) is 27.4 Å². The molecule has 0 fully saturated rings. The molecule has 0 amide bonds. The van der Waals surface area contributed by atoms with Gasteiger partial charge in [0.05, 0.1) is 53.6 Å². The summed E-state index contributed by atoms with van der Waals surface area (Å²) in [6.07, 6.45) is 9.43. The van der Waals surface area contributed by atoms with Crippen LogP contribution in [0.3, 0.4) is 0 Å². The maximum atomic E-state index is 11.6. The number of halogens is 2. The predicted molar refractivity (Wildman–Crippen MR) is 167 cm³/mol. The highest BCUT2D eigenvalue weighted by molar-refractivity contribution is 6.31. The van der Waals surface area contributed by atoms with Crippen LogP contribution in [-0.4, -0.2) is 50.1 Å². The van der Waals surface area contributed by atoms with Crippen molar-refractivity contribution in [3.05, 3.63) is 104 Å². The molecular formula is C30H26Cl2N8O4. The van der Waals surface area contributed by atoms with Crippen LogP contribution in [0.4, 0.5) is 0 Å². The topological polar surface area (TPSA) is 158 Å². The fourth-order valence-electron chi connectivity index (χ4n) is 3.65. The molecule has 5 rings (SSSR count). The van der Waals surface area contributed by atoms with Gasteiger partial charge in [-0.2, -0.15) is 0 Å². The molecule has 224 valence electrons. The fourth-order valence-corrected chi connectivity index (χ4v) is 3.99. The highest BCUT2D eigenvalue weighted by Crippen LogP contribution is 2.20. The highest BCUT2D eigenvalue weighted by Gasteiger charge is 2.11. The molecule has 0 aliphatic rings. The van der Waals surface area contributed by atoms with Gasteiger partial charge < -0.3 is 9.47 Å². The Labute approximate surface area is 262 Å². The van der Waals surface area contributed by atoms with Crippen molar-refractivity contribution < 1.29 is 19.1 Å². The molecule has 0 aliphatic heterocycles. The maximum absolute atomic E-state index is 11.6. The van der Waals surface area contributed by atoms with Crippen molar-refractivity contribution in [1.82, 2.24) is 25.0 Å². The standard InChI is InChI=1S/C15H13ClN4O2.C10H7ClN4.C5H6O2/c1-2-22-15(21)14-9-20(19-18-14)8-10-3-4-13-11(5-10)6-12(16)7-17-13;11-9-4-8-3-7(5-14-15-12)1-2-10(8)13-6-9;1-3-5(6)7-4-2/h3-7,9H,2,8H2,1H3;1-4,6H,5H2;1H,4H2,2H3. The average molecular weight is 633 g/mol. The van der Waals surface area contributed by atoms with Gasteiger partial charge in [0.1, 0.15) is 0 Å². The second kappa shape index (κ2) is 17.0. The van der Waals surface area contributed by atoms with Crippen molar-refractivity contribution in [2.45, 2.75) is 26.9 Å². The number of rotatable bonds is 7. The average Bonchev–Trinajstić information content (AvgIpc) is 3.49. The summed E-state index contributed by atoms with van der Waals surface area (Å²) in [4.78, 5) is 32.6. The largest absolute Gasteiger partial charge is 0.461 e. The Kier molecular flexibility index (Phi) is 12.9. The van der Waals surface area contributed by atoms with Crippen molar-refractivity contribution >= 4 is 56.9 Å². The van der Waals surface area contributed by atoms with E-state index >= 15 is 0 Å². The van der Waals surface area contributed by atoms with Crippen LogP contribution < -0.4 is 0 Å². The number of carbonyl (C=O) groups excluding carboxylic acids is 2. The lowest BCUT2D eigenvalue weighted by Gasteiger charge is -2.03. The lowest BCUT2D eigenvalue weighted by Crippen LogP contribution is -2.05. The molecule has 5 aromatic rings. The molecule has 0 atom stereocenters. The monoisotopic (exact) mass is 632 g/mol. The fraction of sp³-hybridized carbons (Fsp3) is 0.200. The number of terminal acetylenes is 1. The molecule has 2 aromatic carbocycles. The summed E-state index contributed by atoms with van der Waals surface area (Å²) in [6, 6.07) is 15.2. The number of ether oxygens (including phenoxy) is 2. The molecule has 3 heterocycles. The summed E-state index contributed by atoms with van der Waals surface area (Å²) >= 11 is 11.8. The van der Waals surface area contributed by atoms with Gasteiger partial charge in [-0.3, -0.25) is 9.97 Å². The first-order chi connectivity index (χ1) is 21.3. The maximum Gasteiger partial charge on any atom is 0.384 e. The zero-order valence-electron chi connectivity index (χ0n) is 23.7. The molecule has 12 nitrogen and oxygen atoms in total. The predicted octanol–water partition coefficient (Wildman–Crippen LogP) is 6.59. The number of azide groups is 1. The molecule has 0 N–H and O–H groups in total. The number of benzene rings is 2. The second-order valence-electron chi connectivity index (χ2n) is 8.64. The van der Waals surface area contributed by atoms with Crippen molar-refractivity contribution in [2.24, 2.45) is 5.11 Å². The van der Waals surface area contributed by atoms with Crippen molar-refractivity contribution in [1.29, 1.82) is 0 Å². The molecule has 44 heavy (non-hydrogen) atoms. The molecule has 0 bridgehead atoms. The summed E-state index contributed by atoms with van der Waals surface area (Å²) < 4.78 is 10.8. The first kappa shape index (κ1) is 33.3. The van der Waals surface area contributed by atoms with Crippen LogP contribution in [0, 0.1) is 12.3 Å². The number of hydrogen-bond acceptors (Lipinski definition) is 9. The molecular weight excluding hydrogens is 607 g/mol. The van der Waals surface area contributed by atoms with E-state index in [1.807, 2.05) is 48.5 Å². The minimum atomic E-state index is -0.595. The van der Waals surface area contributed by atoms with Crippen LogP contribution in [0.15, 0.2) is 72.2 Å². The molecule has 0 spiro atoms. The molecule has 0 unspecified atom stereocenters. The number of aromatic nitrogens is 5. The third kappa shape index (κ3) is 10.3. The number of pyridine rings is 2. The quantitative estimate of drug-likeness (QED) is 0.0485. The SMILES string of the molecule is C#CC(=O)OCC.CCOC(=O)c1cn(Cc2ccc3ncc(Cl)cc3c2)nn1.[N-]=[N+]=NCc1ccc2ncc(Cl)cc2c1. The van der Waals surface area contributed by atoms with Crippen LogP contribution in [0.1, 0.15) is 35.5 Å². The Morgan fingerprint density at radius 3 is 2.09 bits per heavy atom. The molecule has 0 radical (unpaired) electrons. The van der Waals surface area contributed by atoms with E-state index in [9.17, 15) is 9.59 Å². The normalized spacial score (nSPS) is 9.89. The summed E-state index contributed by atoms with van der Waals surface area (Å²) in [5.74, 6) is 0.741. The molecule has 0 aliphatic carbocycles. The molecule has 0 saturated carbocycles. The van der Waals surface area contributed by atoms with E-state index in [2.05, 4.69) is 41.5 Å². The molecule has 0 saturated heterocycles. The van der Waals surface area contributed by atoms with Crippen molar-refractivity contribution in [2.75, 3.05) is 13.2 Å². The van der Waals surface area contributed by atoms with Gasteiger partial charge in [-0.25, -0.2) is 14.3 Å². The first-order valence-electron chi connectivity index (χ1n) is 13.1. The van der Waals surface area contributed by atoms with Crippen molar-refractivity contribution in [3.8, 4) is 12.3 Å². The van der Waals surface area contributed by atoms with Gasteiger partial charge in [0.2, 0.25) is 0 Å². The van der Waals surface area contributed by atoms with Gasteiger partial charge in [0.25, 0.3) is 0 Å². The summed E-state index contributed by atoms with van der Waals surface area (Å²) in [5.41, 5.74) is 12.1. The number of carbonyl (C=O) groups is 2. The van der Waals surface area contributed by atoms with Crippen LogP contribution >= 0.6 is 23.2 Å². The van der Waals surface area contributed by atoms with Gasteiger partial charge in [0, 0.05) is 34.0 Å². The Bertz CT molecular complexity index is 1850. The van der Waals surface area contributed by atoms with E-state index < -0.39 is 11.9 Å². The number of hydrogen-bond donors (Lipinski definition) is 0. The zero-order chi connectivity index (χ0) is 31.9. The van der Waals surface area contributed by atoms with E-state index in [1.165, 1.54) is 0 Å². The third-order valence-corrected chi connectivity index (χ3v) is 5.92. The van der Waals surface area contributed by atoms with Crippen molar-refractivity contribution in [3.63, 3.8) is 0 Å². The minimum absolute atomic E-state index is 0.201. The summed E-state index contributed by atoms with van der Waals surface area (Å²) in [7, 11) is 0. The second-order valence-corrected chi connectivity index (χ2v) is 9.51. The van der Waals surface area contributed by atoms with Gasteiger partial charge in [-0.1, -0.05) is 45.7 Å². The van der Waals surface area contributed by atoms with Gasteiger partial charge >= 0.3 is 11.9 Å². The number of nitrogens with zero attached hydrogens (tertiary/aromatic N) is 8. The lowest BCUT2D eigenvalue weighted by atomic mass is 10.1. The van der Waals surface area contributed by atoms with E-state index in [1.54, 1.807) is 43.0 Å². The van der Waals surface area contributed by atoms with Gasteiger partial charge in [-0.05, 0) is 66.9 Å². The van der Waals surface area contributed by atoms with E-state index in [0.29, 0.717) is 36.3 Å². The van der Waals surface area contributed by atoms with E-state index in [-0.39, 0.29) is 5.69 Å². The Morgan fingerprint density at radius 1 is 0.955 bits per heavy atom. The van der Waals surface area contributed by atoms with Crippen LogP contribution in [0.5, 0.6) is 0 Å². The minimum Gasteiger partial charge on any atom is -0.461 e. The van der Waals surface area contributed by atoms with Gasteiger partial charge in [0.15, 0.2) is 5.69 Å². The van der Waals surface area contributed by atoms with E-state index in [4.69, 9.17) is 33.5 Å². The lowest BCUT2D eigenvalue weighted by molar-refractivity contribution is -0.136. The third-order valence-electron chi connectivity index (χ3n) is 5.50. The number of esters is 2. The van der Waals surface area contributed by atoms with Gasteiger partial charge in [-0.15, -0.1) is 11.5 Å². The highest BCUT2D eigenvalue weighted by atomic mass is 35.5. The Morgan fingerprint density at radius 2 is 1.55 bits per heavy atom. The smallest absolute Gasteiger partial charge is 0.384 e. The molecule has 14 heteroatoms. The summed E-state index contributed by atoms with van der Waals surface area (Å²) in [5, 5.41) is 14.3.